The SMILES string of the molecule is O=C(CCCOc1ccccc1[N+](=O)[O-])NC1CCN(Cc2ccccc2)CC1. The van der Waals surface area contributed by atoms with Crippen LogP contribution in [0.4, 0.5) is 5.69 Å². The Balaban J connectivity index is 1.32. The number of rotatable bonds is 9. The average molecular weight is 397 g/mol. The predicted octanol–water partition coefficient (Wildman–Crippen LogP) is 3.53. The van der Waals surface area contributed by atoms with E-state index >= 15 is 0 Å². The molecule has 0 atom stereocenters. The average Bonchev–Trinajstić information content (AvgIpc) is 2.73. The van der Waals surface area contributed by atoms with Gasteiger partial charge in [-0.05, 0) is 30.9 Å². The lowest BCUT2D eigenvalue weighted by molar-refractivity contribution is -0.385. The van der Waals surface area contributed by atoms with Crippen molar-refractivity contribution in [2.24, 2.45) is 0 Å². The summed E-state index contributed by atoms with van der Waals surface area (Å²) in [7, 11) is 0. The van der Waals surface area contributed by atoms with Crippen LogP contribution in [-0.2, 0) is 11.3 Å². The van der Waals surface area contributed by atoms with Gasteiger partial charge in [-0.1, -0.05) is 42.5 Å². The Morgan fingerprint density at radius 3 is 2.52 bits per heavy atom. The summed E-state index contributed by atoms with van der Waals surface area (Å²) in [6, 6.07) is 16.9. The zero-order valence-corrected chi connectivity index (χ0v) is 16.5. The molecule has 1 heterocycles. The molecule has 29 heavy (non-hydrogen) atoms. The summed E-state index contributed by atoms with van der Waals surface area (Å²) in [6.45, 7) is 3.17. The molecule has 0 radical (unpaired) electrons. The summed E-state index contributed by atoms with van der Waals surface area (Å²) in [6.07, 6.45) is 2.77. The summed E-state index contributed by atoms with van der Waals surface area (Å²) in [5.74, 6) is 0.251. The molecule has 3 rings (SSSR count). The van der Waals surface area contributed by atoms with Crippen molar-refractivity contribution in [2.75, 3.05) is 19.7 Å². The van der Waals surface area contributed by atoms with E-state index in [4.69, 9.17) is 4.74 Å². The number of carbonyl (C=O) groups excluding carboxylic acids is 1. The number of nitro benzene ring substituents is 1. The van der Waals surface area contributed by atoms with Gasteiger partial charge in [-0.15, -0.1) is 0 Å². The highest BCUT2D eigenvalue weighted by Gasteiger charge is 2.20. The second-order valence-electron chi connectivity index (χ2n) is 7.28. The lowest BCUT2D eigenvalue weighted by Crippen LogP contribution is -2.44. The van der Waals surface area contributed by atoms with Crippen LogP contribution >= 0.6 is 0 Å². The normalized spacial score (nSPS) is 15.0. The number of nitro groups is 1. The van der Waals surface area contributed by atoms with Crippen molar-refractivity contribution >= 4 is 11.6 Å². The molecule has 0 spiro atoms. The highest BCUT2D eigenvalue weighted by Crippen LogP contribution is 2.25. The van der Waals surface area contributed by atoms with Crippen molar-refractivity contribution in [1.82, 2.24) is 10.2 Å². The first-order chi connectivity index (χ1) is 14.1. The number of carbonyl (C=O) groups is 1. The van der Waals surface area contributed by atoms with Crippen LogP contribution in [0.25, 0.3) is 0 Å². The van der Waals surface area contributed by atoms with Gasteiger partial charge in [0.25, 0.3) is 0 Å². The molecule has 1 amide bonds. The van der Waals surface area contributed by atoms with Crippen LogP contribution in [0.15, 0.2) is 54.6 Å². The Labute approximate surface area is 170 Å². The highest BCUT2D eigenvalue weighted by atomic mass is 16.6. The van der Waals surface area contributed by atoms with Crippen LogP contribution in [0.2, 0.25) is 0 Å². The van der Waals surface area contributed by atoms with E-state index in [0.717, 1.165) is 32.5 Å². The number of nitrogens with one attached hydrogen (secondary N) is 1. The molecule has 7 heteroatoms. The van der Waals surface area contributed by atoms with E-state index < -0.39 is 4.92 Å². The molecule has 0 aromatic heterocycles. The van der Waals surface area contributed by atoms with Crippen molar-refractivity contribution in [3.63, 3.8) is 0 Å². The van der Waals surface area contributed by atoms with Crippen LogP contribution in [0.5, 0.6) is 5.75 Å². The van der Waals surface area contributed by atoms with Crippen molar-refractivity contribution in [2.45, 2.75) is 38.3 Å². The molecule has 2 aromatic carbocycles. The molecule has 154 valence electrons. The van der Waals surface area contributed by atoms with E-state index in [-0.39, 0.29) is 30.0 Å². The van der Waals surface area contributed by atoms with E-state index in [2.05, 4.69) is 34.5 Å². The van der Waals surface area contributed by atoms with Crippen molar-refractivity contribution in [1.29, 1.82) is 0 Å². The van der Waals surface area contributed by atoms with Gasteiger partial charge in [0.2, 0.25) is 5.91 Å². The Kier molecular flexibility index (Phi) is 7.58. The third-order valence-corrected chi connectivity index (χ3v) is 5.07. The van der Waals surface area contributed by atoms with E-state index in [1.165, 1.54) is 11.6 Å². The van der Waals surface area contributed by atoms with Gasteiger partial charge in [0.15, 0.2) is 5.75 Å². The number of hydrogen-bond acceptors (Lipinski definition) is 5. The second kappa shape index (κ2) is 10.6. The van der Waals surface area contributed by atoms with E-state index in [0.29, 0.717) is 12.8 Å². The number of piperidine rings is 1. The second-order valence-corrected chi connectivity index (χ2v) is 7.28. The lowest BCUT2D eigenvalue weighted by Gasteiger charge is -2.32. The van der Waals surface area contributed by atoms with Crippen molar-refractivity contribution in [3.8, 4) is 5.75 Å². The Morgan fingerprint density at radius 1 is 1.10 bits per heavy atom. The number of nitrogens with zero attached hydrogens (tertiary/aromatic N) is 2. The summed E-state index contributed by atoms with van der Waals surface area (Å²) >= 11 is 0. The molecule has 0 saturated carbocycles. The van der Waals surface area contributed by atoms with E-state index in [1.54, 1.807) is 18.2 Å². The first-order valence-corrected chi connectivity index (χ1v) is 10.0. The summed E-state index contributed by atoms with van der Waals surface area (Å²) in [5.41, 5.74) is 1.26. The molecule has 1 saturated heterocycles. The molecule has 1 aliphatic heterocycles. The number of benzene rings is 2. The van der Waals surface area contributed by atoms with Crippen LogP contribution in [0.3, 0.4) is 0 Å². The summed E-state index contributed by atoms with van der Waals surface area (Å²) < 4.78 is 5.48. The largest absolute Gasteiger partial charge is 0.487 e. The monoisotopic (exact) mass is 397 g/mol. The molecular formula is C22H27N3O4. The maximum absolute atomic E-state index is 12.2. The van der Waals surface area contributed by atoms with Crippen molar-refractivity contribution in [3.05, 3.63) is 70.3 Å². The van der Waals surface area contributed by atoms with Gasteiger partial charge in [-0.2, -0.15) is 0 Å². The summed E-state index contributed by atoms with van der Waals surface area (Å²) in [4.78, 5) is 25.1. The van der Waals surface area contributed by atoms with Gasteiger partial charge in [-0.3, -0.25) is 19.8 Å². The quantitative estimate of drug-likeness (QED) is 0.397. The summed E-state index contributed by atoms with van der Waals surface area (Å²) in [5, 5.41) is 14.1. The fraction of sp³-hybridized carbons (Fsp3) is 0.409. The minimum Gasteiger partial charge on any atom is -0.487 e. The Bertz CT molecular complexity index is 805. The smallest absolute Gasteiger partial charge is 0.310 e. The number of ether oxygens (including phenoxy) is 1. The maximum Gasteiger partial charge on any atom is 0.310 e. The molecule has 7 nitrogen and oxygen atoms in total. The van der Waals surface area contributed by atoms with Crippen LogP contribution < -0.4 is 10.1 Å². The first kappa shape index (κ1) is 20.8. The van der Waals surface area contributed by atoms with E-state index in [1.807, 2.05) is 6.07 Å². The van der Waals surface area contributed by atoms with Crippen LogP contribution in [-0.4, -0.2) is 41.5 Å². The fourth-order valence-corrected chi connectivity index (χ4v) is 3.52. The Hall–Kier alpha value is -2.93. The molecule has 0 aliphatic carbocycles. The molecule has 0 bridgehead atoms. The topological polar surface area (TPSA) is 84.7 Å². The van der Waals surface area contributed by atoms with Crippen LogP contribution in [0.1, 0.15) is 31.2 Å². The first-order valence-electron chi connectivity index (χ1n) is 10.0. The van der Waals surface area contributed by atoms with Gasteiger partial charge >= 0.3 is 5.69 Å². The highest BCUT2D eigenvalue weighted by molar-refractivity contribution is 5.76. The van der Waals surface area contributed by atoms with E-state index in [9.17, 15) is 14.9 Å². The number of amides is 1. The fourth-order valence-electron chi connectivity index (χ4n) is 3.52. The predicted molar refractivity (Wildman–Crippen MR) is 111 cm³/mol. The zero-order valence-electron chi connectivity index (χ0n) is 16.5. The Morgan fingerprint density at radius 2 is 1.79 bits per heavy atom. The molecule has 2 aromatic rings. The lowest BCUT2D eigenvalue weighted by atomic mass is 10.0. The number of likely N-dealkylation sites (tertiary alicyclic amines) is 1. The zero-order chi connectivity index (χ0) is 20.5. The maximum atomic E-state index is 12.2. The molecule has 1 aliphatic rings. The van der Waals surface area contributed by atoms with Gasteiger partial charge < -0.3 is 10.1 Å². The molecule has 1 fully saturated rings. The standard InChI is InChI=1S/C22H27N3O4/c26-22(11-6-16-29-21-10-5-4-9-20(21)25(27)28)23-19-12-14-24(15-13-19)17-18-7-2-1-3-8-18/h1-5,7-10,19H,6,11-17H2,(H,23,26). The van der Waals surface area contributed by atoms with Crippen LogP contribution in [0, 0.1) is 10.1 Å². The molecule has 1 N–H and O–H groups in total. The number of para-hydroxylation sites is 2. The van der Waals surface area contributed by atoms with Gasteiger partial charge in [0.05, 0.1) is 11.5 Å². The molecular weight excluding hydrogens is 370 g/mol. The van der Waals surface area contributed by atoms with Crippen molar-refractivity contribution < 1.29 is 14.5 Å². The van der Waals surface area contributed by atoms with Gasteiger partial charge in [0, 0.05) is 38.2 Å². The minimum atomic E-state index is -0.466. The molecule has 0 unspecified atom stereocenters. The third kappa shape index (κ3) is 6.57. The minimum absolute atomic E-state index is 0.0117. The van der Waals surface area contributed by atoms with Gasteiger partial charge in [-0.25, -0.2) is 0 Å². The number of hydrogen-bond donors (Lipinski definition) is 1. The third-order valence-electron chi connectivity index (χ3n) is 5.07. The van der Waals surface area contributed by atoms with Gasteiger partial charge in [0.1, 0.15) is 0 Å².